The Balaban J connectivity index is 1.27. The van der Waals surface area contributed by atoms with Crippen molar-refractivity contribution in [2.75, 3.05) is 13.1 Å². The zero-order valence-electron chi connectivity index (χ0n) is 17.8. The molecule has 0 aromatic carbocycles. The van der Waals surface area contributed by atoms with E-state index in [0.717, 1.165) is 31.1 Å². The number of fused-ring (bicyclic) bond motifs is 1. The Labute approximate surface area is 184 Å². The van der Waals surface area contributed by atoms with Crippen LogP contribution >= 0.6 is 0 Å². The van der Waals surface area contributed by atoms with E-state index in [1.807, 2.05) is 12.1 Å². The second kappa shape index (κ2) is 8.88. The highest BCUT2D eigenvalue weighted by molar-refractivity contribution is 5.88. The Morgan fingerprint density at radius 1 is 1.22 bits per heavy atom. The Morgan fingerprint density at radius 2 is 2.09 bits per heavy atom. The zero-order chi connectivity index (χ0) is 22.1. The molecule has 7 nitrogen and oxygen atoms in total. The number of likely N-dealkylation sites (tertiary alicyclic amines) is 1. The monoisotopic (exact) mass is 440 g/mol. The van der Waals surface area contributed by atoms with Crippen molar-refractivity contribution in [2.45, 2.75) is 51.1 Å². The van der Waals surface area contributed by atoms with Crippen molar-refractivity contribution < 1.29 is 13.6 Å². The number of H-pyrrole nitrogens is 1. The molecule has 0 unspecified atom stereocenters. The fraction of sp³-hybridized carbons (Fsp3) is 0.522. The average Bonchev–Trinajstić information content (AvgIpc) is 3.42. The lowest BCUT2D eigenvalue weighted by atomic mass is 9.77. The minimum Gasteiger partial charge on any atom is -0.340 e. The molecule has 1 N–H and O–H groups in total. The number of halogens is 2. The van der Waals surface area contributed by atoms with E-state index in [1.165, 1.54) is 6.20 Å². The second-order valence-corrected chi connectivity index (χ2v) is 8.99. The van der Waals surface area contributed by atoms with Crippen molar-refractivity contribution in [1.29, 1.82) is 0 Å². The summed E-state index contributed by atoms with van der Waals surface area (Å²) in [5, 5.41) is 7.87. The van der Waals surface area contributed by atoms with Crippen LogP contribution in [0.2, 0.25) is 0 Å². The number of carbonyl (C=O) groups excluding carboxylic acids is 1. The van der Waals surface area contributed by atoms with Gasteiger partial charge in [-0.25, -0.2) is 23.7 Å². The van der Waals surface area contributed by atoms with Crippen LogP contribution < -0.4 is 0 Å². The molecule has 2 fully saturated rings. The summed E-state index contributed by atoms with van der Waals surface area (Å²) in [4.78, 5) is 27.1. The van der Waals surface area contributed by atoms with Crippen LogP contribution in [0.25, 0.3) is 22.6 Å². The number of carbonyl (C=O) groups is 1. The molecular weight excluding hydrogens is 414 g/mol. The molecule has 1 aliphatic heterocycles. The lowest BCUT2D eigenvalue weighted by molar-refractivity contribution is -0.131. The summed E-state index contributed by atoms with van der Waals surface area (Å²) in [5.74, 6) is 0.540. The van der Waals surface area contributed by atoms with Crippen molar-refractivity contribution in [3.63, 3.8) is 0 Å². The van der Waals surface area contributed by atoms with Crippen LogP contribution in [-0.4, -0.2) is 55.2 Å². The standard InChI is InChI=1S/C23H26F2N6O/c24-16-6-8-31(13-16)20(32)11-15-4-1-3-14(9-15)10-19-18(25)12-27-23(28-19)21-17-5-2-7-26-22(17)30-29-21/h2,5,7,12,14-16H,1,3-4,6,8-11,13H2,(H,26,29,30)/t14-,15+,16-/m0/s1. The molecule has 3 atom stereocenters. The lowest BCUT2D eigenvalue weighted by Crippen LogP contribution is -2.31. The largest absolute Gasteiger partial charge is 0.340 e. The van der Waals surface area contributed by atoms with E-state index in [-0.39, 0.29) is 24.3 Å². The quantitative estimate of drug-likeness (QED) is 0.651. The number of nitrogens with zero attached hydrogens (tertiary/aromatic N) is 5. The lowest BCUT2D eigenvalue weighted by Gasteiger charge is -2.30. The third-order valence-corrected chi connectivity index (χ3v) is 6.69. The number of aromatic nitrogens is 5. The van der Waals surface area contributed by atoms with Gasteiger partial charge in [0.1, 0.15) is 11.9 Å². The molecule has 168 valence electrons. The Kier molecular flexibility index (Phi) is 5.80. The minimum atomic E-state index is -0.893. The fourth-order valence-corrected chi connectivity index (χ4v) is 5.05. The second-order valence-electron chi connectivity index (χ2n) is 8.99. The van der Waals surface area contributed by atoms with Gasteiger partial charge in [0.15, 0.2) is 17.3 Å². The molecule has 1 saturated heterocycles. The molecule has 4 heterocycles. The molecule has 9 heteroatoms. The highest BCUT2D eigenvalue weighted by Gasteiger charge is 2.30. The average molecular weight is 440 g/mol. The van der Waals surface area contributed by atoms with Crippen molar-refractivity contribution >= 4 is 16.9 Å². The molecule has 2 aliphatic rings. The van der Waals surface area contributed by atoms with Gasteiger partial charge in [0.2, 0.25) is 5.91 Å². The van der Waals surface area contributed by atoms with Gasteiger partial charge in [0.25, 0.3) is 0 Å². The van der Waals surface area contributed by atoms with Crippen LogP contribution in [0.15, 0.2) is 24.5 Å². The van der Waals surface area contributed by atoms with Crippen molar-refractivity contribution in [1.82, 2.24) is 30.0 Å². The molecule has 32 heavy (non-hydrogen) atoms. The summed E-state index contributed by atoms with van der Waals surface area (Å²) in [5.41, 5.74) is 1.57. The molecule has 0 radical (unpaired) electrons. The zero-order valence-corrected chi connectivity index (χ0v) is 17.8. The van der Waals surface area contributed by atoms with Gasteiger partial charge in [0.05, 0.1) is 18.4 Å². The van der Waals surface area contributed by atoms with Gasteiger partial charge in [-0.15, -0.1) is 0 Å². The highest BCUT2D eigenvalue weighted by atomic mass is 19.1. The van der Waals surface area contributed by atoms with E-state index >= 15 is 0 Å². The van der Waals surface area contributed by atoms with Gasteiger partial charge in [-0.05, 0) is 49.7 Å². The van der Waals surface area contributed by atoms with Gasteiger partial charge in [-0.1, -0.05) is 12.8 Å². The topological polar surface area (TPSA) is 87.7 Å². The molecule has 5 rings (SSSR count). The number of hydrogen-bond donors (Lipinski definition) is 1. The fourth-order valence-electron chi connectivity index (χ4n) is 5.05. The Morgan fingerprint density at radius 3 is 2.94 bits per heavy atom. The molecule has 1 saturated carbocycles. The number of rotatable bonds is 5. The summed E-state index contributed by atoms with van der Waals surface area (Å²) >= 11 is 0. The Bertz CT molecular complexity index is 1120. The van der Waals surface area contributed by atoms with Gasteiger partial charge < -0.3 is 4.90 Å². The molecule has 0 bridgehead atoms. The van der Waals surface area contributed by atoms with Gasteiger partial charge in [0, 0.05) is 24.5 Å². The number of alkyl halides is 1. The summed E-state index contributed by atoms with van der Waals surface area (Å²) in [7, 11) is 0. The molecule has 1 amide bonds. The number of nitrogens with one attached hydrogen (secondary N) is 1. The predicted molar refractivity (Wildman–Crippen MR) is 115 cm³/mol. The van der Waals surface area contributed by atoms with Crippen LogP contribution in [0.5, 0.6) is 0 Å². The van der Waals surface area contributed by atoms with E-state index in [2.05, 4.69) is 25.1 Å². The van der Waals surface area contributed by atoms with E-state index < -0.39 is 12.0 Å². The molecule has 1 aliphatic carbocycles. The third-order valence-electron chi connectivity index (χ3n) is 6.69. The number of amides is 1. The van der Waals surface area contributed by atoms with Crippen LogP contribution in [0.3, 0.4) is 0 Å². The van der Waals surface area contributed by atoms with Crippen molar-refractivity contribution in [3.05, 3.63) is 36.0 Å². The molecule has 3 aromatic rings. The summed E-state index contributed by atoms with van der Waals surface area (Å²) in [6.07, 6.45) is 7.21. The number of pyridine rings is 1. The third kappa shape index (κ3) is 4.33. The molecule has 3 aromatic heterocycles. The van der Waals surface area contributed by atoms with Gasteiger partial charge in [-0.3, -0.25) is 9.89 Å². The first-order chi connectivity index (χ1) is 15.6. The highest BCUT2D eigenvalue weighted by Crippen LogP contribution is 2.34. The summed E-state index contributed by atoms with van der Waals surface area (Å²) < 4.78 is 28.0. The maximum atomic E-state index is 14.6. The van der Waals surface area contributed by atoms with Gasteiger partial charge >= 0.3 is 0 Å². The Hall–Kier alpha value is -2.97. The first-order valence-electron chi connectivity index (χ1n) is 11.3. The maximum absolute atomic E-state index is 14.6. The maximum Gasteiger partial charge on any atom is 0.222 e. The van der Waals surface area contributed by atoms with Crippen LogP contribution in [0.4, 0.5) is 8.78 Å². The van der Waals surface area contributed by atoms with E-state index in [9.17, 15) is 13.6 Å². The molecular formula is C23H26F2N6O. The molecule has 0 spiro atoms. The van der Waals surface area contributed by atoms with E-state index in [4.69, 9.17) is 0 Å². The van der Waals surface area contributed by atoms with Gasteiger partial charge in [-0.2, -0.15) is 5.10 Å². The normalized spacial score (nSPS) is 23.7. The van der Waals surface area contributed by atoms with Crippen LogP contribution in [-0.2, 0) is 11.2 Å². The van der Waals surface area contributed by atoms with Crippen LogP contribution in [0, 0.1) is 17.7 Å². The van der Waals surface area contributed by atoms with Crippen LogP contribution in [0.1, 0.15) is 44.2 Å². The number of hydrogen-bond acceptors (Lipinski definition) is 5. The summed E-state index contributed by atoms with van der Waals surface area (Å²) in [6, 6.07) is 3.69. The number of aromatic amines is 1. The predicted octanol–water partition coefficient (Wildman–Crippen LogP) is 3.86. The van der Waals surface area contributed by atoms with Crippen molar-refractivity contribution in [3.8, 4) is 11.5 Å². The van der Waals surface area contributed by atoms with Crippen molar-refractivity contribution in [2.24, 2.45) is 11.8 Å². The summed E-state index contributed by atoms with van der Waals surface area (Å²) in [6.45, 7) is 0.741. The first-order valence-corrected chi connectivity index (χ1v) is 11.3. The first kappa shape index (κ1) is 20.9. The minimum absolute atomic E-state index is 0.0473. The van der Waals surface area contributed by atoms with E-state index in [0.29, 0.717) is 48.7 Å². The SMILES string of the molecule is O=C(C[C@@H]1CCC[C@H](Cc2nc(-c3[nH]nc4ncccc34)ncc2F)C1)N1CC[C@H](F)C1. The van der Waals surface area contributed by atoms with E-state index in [1.54, 1.807) is 11.1 Å². The smallest absolute Gasteiger partial charge is 0.222 e.